The van der Waals surface area contributed by atoms with Gasteiger partial charge in [-0.2, -0.15) is 0 Å². The number of amides is 1. The van der Waals surface area contributed by atoms with Gasteiger partial charge in [-0.1, -0.05) is 18.5 Å². The van der Waals surface area contributed by atoms with Crippen molar-refractivity contribution < 1.29 is 4.79 Å². The van der Waals surface area contributed by atoms with Crippen LogP contribution in [-0.4, -0.2) is 29.9 Å². The molecule has 2 rings (SSSR count). The zero-order chi connectivity index (χ0) is 15.6. The van der Waals surface area contributed by atoms with Gasteiger partial charge in [-0.05, 0) is 76.4 Å². The van der Waals surface area contributed by atoms with E-state index in [9.17, 15) is 4.79 Å². The van der Waals surface area contributed by atoms with Crippen LogP contribution in [0, 0.1) is 13.8 Å². The van der Waals surface area contributed by atoms with Crippen molar-refractivity contribution in [3.63, 3.8) is 0 Å². The third-order valence-corrected chi connectivity index (χ3v) is 4.85. The summed E-state index contributed by atoms with van der Waals surface area (Å²) in [7, 11) is 2.06. The largest absolute Gasteiger partial charge is 0.324 e. The zero-order valence-corrected chi connectivity index (χ0v) is 14.2. The van der Waals surface area contributed by atoms with Crippen molar-refractivity contribution in [2.75, 3.05) is 18.9 Å². The molecule has 3 nitrogen and oxygen atoms in total. The van der Waals surface area contributed by atoms with E-state index in [4.69, 9.17) is 11.6 Å². The summed E-state index contributed by atoms with van der Waals surface area (Å²) in [6, 6.07) is 3.79. The van der Waals surface area contributed by atoms with E-state index in [-0.39, 0.29) is 11.4 Å². The number of hydrogen-bond donors (Lipinski definition) is 1. The number of nitrogens with one attached hydrogen (secondary N) is 1. The van der Waals surface area contributed by atoms with Crippen molar-refractivity contribution in [3.8, 4) is 0 Å². The normalized spacial score (nSPS) is 16.7. The highest BCUT2D eigenvalue weighted by Gasteiger charge is 2.47. The van der Waals surface area contributed by atoms with E-state index in [1.165, 1.54) is 0 Å². The van der Waals surface area contributed by atoms with Crippen molar-refractivity contribution in [2.24, 2.45) is 0 Å². The lowest BCUT2D eigenvalue weighted by atomic mass is 9.74. The molecule has 1 saturated carbocycles. The smallest absolute Gasteiger partial charge is 0.244 e. The highest BCUT2D eigenvalue weighted by Crippen LogP contribution is 2.38. The second kappa shape index (κ2) is 6.37. The Hall–Kier alpha value is -1.06. The van der Waals surface area contributed by atoms with E-state index in [0.29, 0.717) is 5.02 Å². The fraction of sp³-hybridized carbons (Fsp3) is 0.588. The number of carbonyl (C=O) groups excluding carboxylic acids is 1. The maximum absolute atomic E-state index is 12.8. The van der Waals surface area contributed by atoms with Gasteiger partial charge in [0.15, 0.2) is 0 Å². The molecular weight excluding hydrogens is 284 g/mol. The minimum absolute atomic E-state index is 0.123. The molecule has 0 heterocycles. The summed E-state index contributed by atoms with van der Waals surface area (Å²) in [6.45, 7) is 7.07. The Balaban J connectivity index is 2.21. The number of nitrogens with zero attached hydrogens (tertiary/aromatic N) is 1. The first-order chi connectivity index (χ1) is 9.90. The van der Waals surface area contributed by atoms with Crippen LogP contribution < -0.4 is 5.32 Å². The number of likely N-dealkylation sites (N-methyl/N-ethyl adjacent to an activating group) is 1. The molecule has 0 aromatic heterocycles. The standard InChI is InChI=1S/C17H25ClN2O/c1-5-9-20(4)17(7-6-8-17)16(21)19-15-12(2)10-14(18)11-13(15)3/h10-11H,5-9H2,1-4H3,(H,19,21). The zero-order valence-electron chi connectivity index (χ0n) is 13.4. The Morgan fingerprint density at radius 2 is 1.90 bits per heavy atom. The lowest BCUT2D eigenvalue weighted by Crippen LogP contribution is -2.60. The van der Waals surface area contributed by atoms with Gasteiger partial charge in [0.25, 0.3) is 0 Å². The van der Waals surface area contributed by atoms with E-state index in [2.05, 4.69) is 24.2 Å². The number of halogens is 1. The molecule has 0 atom stereocenters. The minimum atomic E-state index is -0.325. The Bertz CT molecular complexity index is 515. The second-order valence-corrected chi connectivity index (χ2v) is 6.61. The van der Waals surface area contributed by atoms with Gasteiger partial charge in [-0.15, -0.1) is 0 Å². The van der Waals surface area contributed by atoms with Gasteiger partial charge in [-0.3, -0.25) is 9.69 Å². The van der Waals surface area contributed by atoms with Crippen LogP contribution in [-0.2, 0) is 4.79 Å². The second-order valence-electron chi connectivity index (χ2n) is 6.18. The van der Waals surface area contributed by atoms with Crippen LogP contribution in [0.25, 0.3) is 0 Å². The maximum Gasteiger partial charge on any atom is 0.244 e. The third-order valence-electron chi connectivity index (χ3n) is 4.63. The first-order valence-electron chi connectivity index (χ1n) is 7.70. The Morgan fingerprint density at radius 3 is 2.33 bits per heavy atom. The summed E-state index contributed by atoms with van der Waals surface area (Å²) in [5, 5.41) is 3.86. The summed E-state index contributed by atoms with van der Waals surface area (Å²) in [4.78, 5) is 15.1. The molecule has 1 amide bonds. The van der Waals surface area contributed by atoms with Gasteiger partial charge >= 0.3 is 0 Å². The van der Waals surface area contributed by atoms with E-state index in [0.717, 1.165) is 49.0 Å². The number of rotatable bonds is 5. The highest BCUT2D eigenvalue weighted by molar-refractivity contribution is 6.30. The lowest BCUT2D eigenvalue weighted by Gasteiger charge is -2.47. The van der Waals surface area contributed by atoms with Crippen LogP contribution in [0.15, 0.2) is 12.1 Å². The van der Waals surface area contributed by atoms with Crippen molar-refractivity contribution in [2.45, 2.75) is 52.0 Å². The summed E-state index contributed by atoms with van der Waals surface area (Å²) < 4.78 is 0. The summed E-state index contributed by atoms with van der Waals surface area (Å²) in [5.74, 6) is 0.123. The number of carbonyl (C=O) groups is 1. The topological polar surface area (TPSA) is 32.3 Å². The maximum atomic E-state index is 12.8. The molecule has 1 fully saturated rings. The van der Waals surface area contributed by atoms with E-state index >= 15 is 0 Å². The van der Waals surface area contributed by atoms with E-state index < -0.39 is 0 Å². The van der Waals surface area contributed by atoms with Crippen molar-refractivity contribution in [3.05, 3.63) is 28.3 Å². The molecule has 0 aliphatic heterocycles. The molecule has 0 spiro atoms. The van der Waals surface area contributed by atoms with Crippen LogP contribution in [0.3, 0.4) is 0 Å². The minimum Gasteiger partial charge on any atom is -0.324 e. The van der Waals surface area contributed by atoms with Gasteiger partial charge < -0.3 is 5.32 Å². The van der Waals surface area contributed by atoms with Crippen LogP contribution in [0.1, 0.15) is 43.7 Å². The molecule has 1 aliphatic carbocycles. The molecule has 116 valence electrons. The average Bonchev–Trinajstić information content (AvgIpc) is 2.32. The fourth-order valence-corrected chi connectivity index (χ4v) is 3.51. The molecule has 0 radical (unpaired) electrons. The third kappa shape index (κ3) is 3.09. The number of aryl methyl sites for hydroxylation is 2. The summed E-state index contributed by atoms with van der Waals surface area (Å²) in [5.41, 5.74) is 2.61. The molecule has 1 aromatic carbocycles. The van der Waals surface area contributed by atoms with E-state index in [1.54, 1.807) is 0 Å². The van der Waals surface area contributed by atoms with Gasteiger partial charge in [0, 0.05) is 10.7 Å². The average molecular weight is 309 g/mol. The monoisotopic (exact) mass is 308 g/mol. The lowest BCUT2D eigenvalue weighted by molar-refractivity contribution is -0.132. The van der Waals surface area contributed by atoms with Gasteiger partial charge in [-0.25, -0.2) is 0 Å². The van der Waals surface area contributed by atoms with Gasteiger partial charge in [0.05, 0.1) is 0 Å². The number of benzene rings is 1. The van der Waals surface area contributed by atoms with Crippen molar-refractivity contribution in [1.29, 1.82) is 0 Å². The SMILES string of the molecule is CCCN(C)C1(C(=O)Nc2c(C)cc(Cl)cc2C)CCC1. The Morgan fingerprint density at radius 1 is 1.33 bits per heavy atom. The molecule has 21 heavy (non-hydrogen) atoms. The van der Waals surface area contributed by atoms with Crippen LogP contribution >= 0.6 is 11.6 Å². The fourth-order valence-electron chi connectivity index (χ4n) is 3.18. The van der Waals surface area contributed by atoms with Crippen LogP contribution in [0.5, 0.6) is 0 Å². The summed E-state index contributed by atoms with van der Waals surface area (Å²) >= 11 is 6.06. The Kier molecular flexibility index (Phi) is 4.95. The number of anilines is 1. The first-order valence-corrected chi connectivity index (χ1v) is 8.08. The molecule has 4 heteroatoms. The van der Waals surface area contributed by atoms with Crippen LogP contribution in [0.4, 0.5) is 5.69 Å². The number of hydrogen-bond acceptors (Lipinski definition) is 2. The predicted octanol–water partition coefficient (Wildman–Crippen LogP) is 4.16. The molecule has 1 aliphatic rings. The molecule has 0 bridgehead atoms. The van der Waals surface area contributed by atoms with Gasteiger partial charge in [0.2, 0.25) is 5.91 Å². The van der Waals surface area contributed by atoms with Gasteiger partial charge in [0.1, 0.15) is 5.54 Å². The quantitative estimate of drug-likeness (QED) is 0.886. The molecular formula is C17H25ClN2O. The van der Waals surface area contributed by atoms with Crippen molar-refractivity contribution >= 4 is 23.2 Å². The molecule has 0 saturated heterocycles. The Labute approximate surface area is 132 Å². The van der Waals surface area contributed by atoms with Crippen LogP contribution in [0.2, 0.25) is 5.02 Å². The summed E-state index contributed by atoms with van der Waals surface area (Å²) in [6.07, 6.45) is 4.08. The highest BCUT2D eigenvalue weighted by atomic mass is 35.5. The molecule has 1 aromatic rings. The molecule has 0 unspecified atom stereocenters. The predicted molar refractivity (Wildman–Crippen MR) is 89.1 cm³/mol. The molecule has 1 N–H and O–H groups in total. The van der Waals surface area contributed by atoms with Crippen molar-refractivity contribution in [1.82, 2.24) is 4.90 Å². The van der Waals surface area contributed by atoms with E-state index in [1.807, 2.05) is 26.0 Å². The first kappa shape index (κ1) is 16.3.